The van der Waals surface area contributed by atoms with Gasteiger partial charge in [0.2, 0.25) is 5.95 Å². The van der Waals surface area contributed by atoms with E-state index in [0.29, 0.717) is 11.9 Å². The fraction of sp³-hybridized carbons (Fsp3) is 0.500. The van der Waals surface area contributed by atoms with Crippen LogP contribution in [0.4, 0.5) is 5.95 Å². The van der Waals surface area contributed by atoms with E-state index in [4.69, 9.17) is 0 Å². The molecule has 2 heterocycles. The molecule has 0 spiro atoms. The molecule has 0 amide bonds. The Morgan fingerprint density at radius 1 is 1.26 bits per heavy atom. The minimum Gasteiger partial charge on any atom is -0.342 e. The number of piperidine rings is 1. The van der Waals surface area contributed by atoms with Gasteiger partial charge in [-0.1, -0.05) is 12.1 Å². The smallest absolute Gasteiger partial charge is 0.245 e. The largest absolute Gasteiger partial charge is 0.342 e. The van der Waals surface area contributed by atoms with E-state index in [1.54, 1.807) is 0 Å². The monoisotopic (exact) mass is 257 g/mol. The highest BCUT2D eigenvalue weighted by Crippen LogP contribution is 2.15. The van der Waals surface area contributed by atoms with Crippen molar-refractivity contribution in [1.82, 2.24) is 20.5 Å². The second-order valence-electron chi connectivity index (χ2n) is 5.19. The molecule has 1 unspecified atom stereocenters. The van der Waals surface area contributed by atoms with Gasteiger partial charge in [0.25, 0.3) is 0 Å². The van der Waals surface area contributed by atoms with Gasteiger partial charge in [0, 0.05) is 13.6 Å². The fourth-order valence-corrected chi connectivity index (χ4v) is 2.58. The first-order chi connectivity index (χ1) is 9.33. The Morgan fingerprint density at radius 3 is 2.89 bits per heavy atom. The molecule has 100 valence electrons. The van der Waals surface area contributed by atoms with Crippen molar-refractivity contribution in [3.8, 4) is 0 Å². The van der Waals surface area contributed by atoms with Crippen LogP contribution in [0.25, 0.3) is 11.0 Å². The first kappa shape index (κ1) is 12.3. The fourth-order valence-electron chi connectivity index (χ4n) is 2.58. The molecule has 2 aromatic rings. The van der Waals surface area contributed by atoms with E-state index < -0.39 is 0 Å². The normalized spacial score (nSPS) is 19.5. The zero-order valence-corrected chi connectivity index (χ0v) is 11.2. The number of hydrogen-bond acceptors (Lipinski definition) is 5. The third-order valence-electron chi connectivity index (χ3n) is 3.62. The van der Waals surface area contributed by atoms with Crippen molar-refractivity contribution in [2.24, 2.45) is 5.92 Å². The maximum Gasteiger partial charge on any atom is 0.245 e. The third kappa shape index (κ3) is 2.81. The molecule has 0 saturated carbocycles. The van der Waals surface area contributed by atoms with Gasteiger partial charge in [0.1, 0.15) is 5.52 Å². The number of nitrogens with zero attached hydrogens (tertiary/aromatic N) is 4. The van der Waals surface area contributed by atoms with Gasteiger partial charge in [-0.25, -0.2) is 4.98 Å². The van der Waals surface area contributed by atoms with Crippen molar-refractivity contribution in [1.29, 1.82) is 0 Å². The Morgan fingerprint density at radius 2 is 2.11 bits per heavy atom. The molecule has 1 saturated heterocycles. The zero-order chi connectivity index (χ0) is 13.1. The van der Waals surface area contributed by atoms with E-state index in [1.807, 2.05) is 31.3 Å². The lowest BCUT2D eigenvalue weighted by Gasteiger charge is -2.27. The summed E-state index contributed by atoms with van der Waals surface area (Å²) in [5, 5.41) is 11.9. The van der Waals surface area contributed by atoms with E-state index in [2.05, 4.69) is 25.4 Å². The van der Waals surface area contributed by atoms with Crippen molar-refractivity contribution in [3.05, 3.63) is 24.3 Å². The van der Waals surface area contributed by atoms with Crippen LogP contribution in [0.1, 0.15) is 12.8 Å². The van der Waals surface area contributed by atoms with Crippen molar-refractivity contribution >= 4 is 17.0 Å². The Hall–Kier alpha value is -1.75. The molecule has 0 aliphatic carbocycles. The number of fused-ring (bicyclic) bond motifs is 1. The summed E-state index contributed by atoms with van der Waals surface area (Å²) in [6.45, 7) is 3.21. The Balaban J connectivity index is 1.75. The molecular weight excluding hydrogens is 238 g/mol. The number of aromatic nitrogens is 3. The van der Waals surface area contributed by atoms with Crippen LogP contribution in [0.3, 0.4) is 0 Å². The number of rotatable bonds is 3. The zero-order valence-electron chi connectivity index (χ0n) is 11.2. The second kappa shape index (κ2) is 5.48. The van der Waals surface area contributed by atoms with Crippen LogP contribution >= 0.6 is 0 Å². The number of para-hydroxylation sites is 1. The summed E-state index contributed by atoms with van der Waals surface area (Å²) in [5.74, 6) is 1.39. The lowest BCUT2D eigenvalue weighted by atomic mass is 9.99. The standard InChI is InChI=1S/C14H19N5/c1-19(10-11-5-4-8-15-9-11)14-16-12-6-2-3-7-13(12)17-18-14/h2-3,6-7,11,15H,4-5,8-10H2,1H3. The molecule has 0 bridgehead atoms. The summed E-state index contributed by atoms with van der Waals surface area (Å²) >= 11 is 0. The van der Waals surface area contributed by atoms with Gasteiger partial charge in [-0.15, -0.1) is 10.2 Å². The summed E-state index contributed by atoms with van der Waals surface area (Å²) in [7, 11) is 2.04. The van der Waals surface area contributed by atoms with Gasteiger partial charge in [-0.2, -0.15) is 0 Å². The van der Waals surface area contributed by atoms with Crippen molar-refractivity contribution < 1.29 is 0 Å². The van der Waals surface area contributed by atoms with E-state index in [0.717, 1.165) is 30.7 Å². The van der Waals surface area contributed by atoms with Gasteiger partial charge in [-0.05, 0) is 44.0 Å². The van der Waals surface area contributed by atoms with E-state index in [-0.39, 0.29) is 0 Å². The van der Waals surface area contributed by atoms with E-state index >= 15 is 0 Å². The van der Waals surface area contributed by atoms with Gasteiger partial charge in [0.05, 0.1) is 5.52 Å². The maximum atomic E-state index is 4.57. The number of hydrogen-bond donors (Lipinski definition) is 1. The highest BCUT2D eigenvalue weighted by atomic mass is 15.3. The van der Waals surface area contributed by atoms with Crippen LogP contribution in [0, 0.1) is 5.92 Å². The van der Waals surface area contributed by atoms with E-state index in [9.17, 15) is 0 Å². The summed E-state index contributed by atoms with van der Waals surface area (Å²) in [6, 6.07) is 7.84. The predicted molar refractivity (Wildman–Crippen MR) is 76.2 cm³/mol. The molecule has 1 atom stereocenters. The SMILES string of the molecule is CN(CC1CCCNC1)c1nnc2ccccc2n1. The van der Waals surface area contributed by atoms with Gasteiger partial charge in [-0.3, -0.25) is 0 Å². The average molecular weight is 257 g/mol. The van der Waals surface area contributed by atoms with Crippen LogP contribution in [-0.2, 0) is 0 Å². The highest BCUT2D eigenvalue weighted by Gasteiger charge is 2.16. The summed E-state index contributed by atoms with van der Waals surface area (Å²) in [5.41, 5.74) is 1.75. The van der Waals surface area contributed by atoms with Crippen LogP contribution in [0.5, 0.6) is 0 Å². The molecule has 3 rings (SSSR count). The maximum absolute atomic E-state index is 4.57. The minimum atomic E-state index is 0.675. The Kier molecular flexibility index (Phi) is 3.55. The van der Waals surface area contributed by atoms with Crippen molar-refractivity contribution in [2.75, 3.05) is 31.6 Å². The topological polar surface area (TPSA) is 53.9 Å². The van der Waals surface area contributed by atoms with Crippen molar-refractivity contribution in [3.63, 3.8) is 0 Å². The molecule has 5 heteroatoms. The first-order valence-corrected chi connectivity index (χ1v) is 6.84. The molecule has 1 aromatic heterocycles. The quantitative estimate of drug-likeness (QED) is 0.902. The Bertz CT molecular complexity index is 550. The van der Waals surface area contributed by atoms with Crippen molar-refractivity contribution in [2.45, 2.75) is 12.8 Å². The summed E-state index contributed by atoms with van der Waals surface area (Å²) in [4.78, 5) is 6.68. The summed E-state index contributed by atoms with van der Waals surface area (Å²) < 4.78 is 0. The van der Waals surface area contributed by atoms with Crippen LogP contribution in [0.15, 0.2) is 24.3 Å². The lowest BCUT2D eigenvalue weighted by Crippen LogP contribution is -2.37. The van der Waals surface area contributed by atoms with Gasteiger partial charge in [0.15, 0.2) is 0 Å². The number of anilines is 1. The molecule has 1 aliphatic heterocycles. The minimum absolute atomic E-state index is 0.675. The predicted octanol–water partition coefficient (Wildman–Crippen LogP) is 1.46. The molecule has 5 nitrogen and oxygen atoms in total. The third-order valence-corrected chi connectivity index (χ3v) is 3.62. The lowest BCUT2D eigenvalue weighted by molar-refractivity contribution is 0.380. The second-order valence-corrected chi connectivity index (χ2v) is 5.19. The molecule has 19 heavy (non-hydrogen) atoms. The molecule has 1 fully saturated rings. The van der Waals surface area contributed by atoms with Crippen LogP contribution in [-0.4, -0.2) is 41.9 Å². The van der Waals surface area contributed by atoms with Crippen LogP contribution in [0.2, 0.25) is 0 Å². The van der Waals surface area contributed by atoms with E-state index in [1.165, 1.54) is 12.8 Å². The number of benzene rings is 1. The molecule has 1 aromatic carbocycles. The average Bonchev–Trinajstić information content (AvgIpc) is 2.48. The molecule has 1 N–H and O–H groups in total. The van der Waals surface area contributed by atoms with Gasteiger partial charge >= 0.3 is 0 Å². The van der Waals surface area contributed by atoms with Crippen LogP contribution < -0.4 is 10.2 Å². The summed E-state index contributed by atoms with van der Waals surface area (Å²) in [6.07, 6.45) is 2.54. The first-order valence-electron chi connectivity index (χ1n) is 6.84. The highest BCUT2D eigenvalue weighted by molar-refractivity contribution is 5.74. The molecule has 1 aliphatic rings. The Labute approximate surface area is 113 Å². The number of nitrogens with one attached hydrogen (secondary N) is 1. The molecular formula is C14H19N5. The molecule has 0 radical (unpaired) electrons. The van der Waals surface area contributed by atoms with Gasteiger partial charge < -0.3 is 10.2 Å².